The molecule has 1 saturated heterocycles. The largest absolute Gasteiger partial charge is 0.371 e. The zero-order valence-electron chi connectivity index (χ0n) is 13.7. The fourth-order valence-corrected chi connectivity index (χ4v) is 3.54. The van der Waals surface area contributed by atoms with Crippen molar-refractivity contribution in [3.63, 3.8) is 0 Å². The number of primary amides is 1. The van der Waals surface area contributed by atoms with Gasteiger partial charge in [-0.15, -0.1) is 12.4 Å². The van der Waals surface area contributed by atoms with Gasteiger partial charge in [-0.05, 0) is 17.7 Å². The molecule has 2 atom stereocenters. The third-order valence-corrected chi connectivity index (χ3v) is 5.60. The summed E-state index contributed by atoms with van der Waals surface area (Å²) < 4.78 is 28.5. The highest BCUT2D eigenvalue weighted by molar-refractivity contribution is 7.90. The SMILES string of the molecule is CS(=O)(=O)CCN1CCO[C@@H](c2ccc(Cl)c(Cl)c2)[C@H](C(N)=O)C1.Cl. The normalized spacial score (nSPS) is 22.0. The summed E-state index contributed by atoms with van der Waals surface area (Å²) in [5, 5.41) is 0.790. The van der Waals surface area contributed by atoms with E-state index >= 15 is 0 Å². The molecule has 142 valence electrons. The van der Waals surface area contributed by atoms with Crippen LogP contribution in [0.2, 0.25) is 10.0 Å². The molecule has 1 aromatic rings. The minimum absolute atomic E-state index is 0. The van der Waals surface area contributed by atoms with Gasteiger partial charge in [-0.25, -0.2) is 8.42 Å². The second-order valence-electron chi connectivity index (χ2n) is 5.90. The van der Waals surface area contributed by atoms with Crippen molar-refractivity contribution in [3.8, 4) is 0 Å². The second-order valence-corrected chi connectivity index (χ2v) is 8.98. The lowest BCUT2D eigenvalue weighted by Crippen LogP contribution is -2.39. The van der Waals surface area contributed by atoms with Crippen LogP contribution in [0.1, 0.15) is 11.7 Å². The number of hydrogen-bond acceptors (Lipinski definition) is 5. The number of carbonyl (C=O) groups excluding carboxylic acids is 1. The molecule has 6 nitrogen and oxygen atoms in total. The molecular weight excluding hydrogens is 411 g/mol. The summed E-state index contributed by atoms with van der Waals surface area (Å²) in [6.07, 6.45) is 0.645. The summed E-state index contributed by atoms with van der Waals surface area (Å²) in [7, 11) is -3.08. The molecule has 1 aromatic carbocycles. The van der Waals surface area contributed by atoms with Crippen LogP contribution < -0.4 is 5.73 Å². The Morgan fingerprint density at radius 1 is 1.36 bits per heavy atom. The number of hydrogen-bond donors (Lipinski definition) is 1. The molecular formula is C15H21Cl3N2O4S. The average Bonchev–Trinajstić information content (AvgIpc) is 2.70. The molecule has 0 bridgehead atoms. The lowest BCUT2D eigenvalue weighted by atomic mass is 9.94. The fourth-order valence-electron chi connectivity index (χ4n) is 2.65. The molecule has 1 aliphatic heterocycles. The molecule has 0 aliphatic carbocycles. The van der Waals surface area contributed by atoms with Crippen molar-refractivity contribution in [3.05, 3.63) is 33.8 Å². The highest BCUT2D eigenvalue weighted by Gasteiger charge is 2.33. The molecule has 0 saturated carbocycles. The number of nitrogens with two attached hydrogens (primary N) is 1. The predicted molar refractivity (Wildman–Crippen MR) is 101 cm³/mol. The van der Waals surface area contributed by atoms with Gasteiger partial charge in [0.2, 0.25) is 5.91 Å². The number of sulfone groups is 1. The summed E-state index contributed by atoms with van der Waals surface area (Å²) in [6, 6.07) is 5.06. The van der Waals surface area contributed by atoms with Gasteiger partial charge in [0.1, 0.15) is 9.84 Å². The molecule has 10 heteroatoms. The van der Waals surface area contributed by atoms with Gasteiger partial charge in [-0.2, -0.15) is 0 Å². The van der Waals surface area contributed by atoms with Gasteiger partial charge in [0.25, 0.3) is 0 Å². The zero-order valence-corrected chi connectivity index (χ0v) is 16.8. The summed E-state index contributed by atoms with van der Waals surface area (Å²) in [5.41, 5.74) is 6.27. The Kier molecular flexibility index (Phi) is 8.44. The van der Waals surface area contributed by atoms with Crippen LogP contribution in [0.4, 0.5) is 0 Å². The van der Waals surface area contributed by atoms with E-state index in [0.29, 0.717) is 36.3 Å². The molecule has 25 heavy (non-hydrogen) atoms. The molecule has 2 N–H and O–H groups in total. The van der Waals surface area contributed by atoms with Crippen molar-refractivity contribution < 1.29 is 17.9 Å². The number of carbonyl (C=O) groups is 1. The Bertz CT molecular complexity index is 715. The zero-order chi connectivity index (χ0) is 17.9. The van der Waals surface area contributed by atoms with Crippen LogP contribution in [0.5, 0.6) is 0 Å². The standard InChI is InChI=1S/C15H20Cl2N2O4S.ClH/c1-24(21,22)7-5-19-4-6-23-14(11(9-19)15(18)20)10-2-3-12(16)13(17)8-10;/h2-3,8,11,14H,4-7,9H2,1H3,(H2,18,20);1H/t11-,14+;/m1./s1. The van der Waals surface area contributed by atoms with Gasteiger partial charge in [-0.3, -0.25) is 9.69 Å². The van der Waals surface area contributed by atoms with Crippen molar-refractivity contribution in [2.75, 3.05) is 38.2 Å². The molecule has 1 heterocycles. The van der Waals surface area contributed by atoms with Crippen molar-refractivity contribution in [2.45, 2.75) is 6.10 Å². The average molecular weight is 432 g/mol. The summed E-state index contributed by atoms with van der Waals surface area (Å²) in [6.45, 7) is 1.55. The minimum Gasteiger partial charge on any atom is -0.371 e. The van der Waals surface area contributed by atoms with Gasteiger partial charge in [0.15, 0.2) is 0 Å². The lowest BCUT2D eigenvalue weighted by Gasteiger charge is -2.25. The topological polar surface area (TPSA) is 89.7 Å². The summed E-state index contributed by atoms with van der Waals surface area (Å²) in [5.74, 6) is -1.09. The van der Waals surface area contributed by atoms with Crippen LogP contribution in [-0.4, -0.2) is 57.5 Å². The number of rotatable bonds is 5. The van der Waals surface area contributed by atoms with E-state index in [-0.39, 0.29) is 18.2 Å². The molecule has 1 amide bonds. The van der Waals surface area contributed by atoms with Crippen LogP contribution in [0.3, 0.4) is 0 Å². The van der Waals surface area contributed by atoms with Crippen molar-refractivity contribution in [2.24, 2.45) is 11.7 Å². The van der Waals surface area contributed by atoms with Crippen LogP contribution in [0, 0.1) is 5.92 Å². The van der Waals surface area contributed by atoms with E-state index in [1.807, 2.05) is 4.90 Å². The number of nitrogens with zero attached hydrogens (tertiary/aromatic N) is 1. The van der Waals surface area contributed by atoms with E-state index in [1.165, 1.54) is 6.26 Å². The van der Waals surface area contributed by atoms with Crippen LogP contribution in [0.25, 0.3) is 0 Å². The van der Waals surface area contributed by atoms with Gasteiger partial charge < -0.3 is 10.5 Å². The molecule has 1 aliphatic rings. The van der Waals surface area contributed by atoms with E-state index in [9.17, 15) is 13.2 Å². The highest BCUT2D eigenvalue weighted by atomic mass is 35.5. The van der Waals surface area contributed by atoms with E-state index in [0.717, 1.165) is 5.56 Å². The molecule has 0 aromatic heterocycles. The molecule has 1 fully saturated rings. The quantitative estimate of drug-likeness (QED) is 0.769. The number of ether oxygens (including phenoxy) is 1. The number of amides is 1. The van der Waals surface area contributed by atoms with Gasteiger partial charge in [0, 0.05) is 25.9 Å². The summed E-state index contributed by atoms with van der Waals surface area (Å²) >= 11 is 12.0. The molecule has 2 rings (SSSR count). The van der Waals surface area contributed by atoms with E-state index < -0.39 is 27.8 Å². The first-order chi connectivity index (χ1) is 11.2. The highest BCUT2D eigenvalue weighted by Crippen LogP contribution is 2.33. The van der Waals surface area contributed by atoms with E-state index in [2.05, 4.69) is 0 Å². The maximum absolute atomic E-state index is 11.9. The third kappa shape index (κ3) is 6.58. The van der Waals surface area contributed by atoms with Crippen LogP contribution >= 0.6 is 35.6 Å². The monoisotopic (exact) mass is 430 g/mol. The second kappa shape index (κ2) is 9.39. The Morgan fingerprint density at radius 2 is 2.04 bits per heavy atom. The van der Waals surface area contributed by atoms with Crippen molar-refractivity contribution in [1.82, 2.24) is 4.90 Å². The molecule has 0 spiro atoms. The van der Waals surface area contributed by atoms with Crippen LogP contribution in [-0.2, 0) is 19.4 Å². The van der Waals surface area contributed by atoms with Crippen LogP contribution in [0.15, 0.2) is 18.2 Å². The van der Waals surface area contributed by atoms with Gasteiger partial charge in [-0.1, -0.05) is 29.3 Å². The van der Waals surface area contributed by atoms with Gasteiger partial charge >= 0.3 is 0 Å². The van der Waals surface area contributed by atoms with E-state index in [4.69, 9.17) is 33.7 Å². The Balaban J connectivity index is 0.00000312. The Morgan fingerprint density at radius 3 is 2.60 bits per heavy atom. The Labute approximate surface area is 163 Å². The lowest BCUT2D eigenvalue weighted by molar-refractivity contribution is -0.126. The van der Waals surface area contributed by atoms with Crippen molar-refractivity contribution in [1.29, 1.82) is 0 Å². The van der Waals surface area contributed by atoms with E-state index in [1.54, 1.807) is 18.2 Å². The maximum atomic E-state index is 11.9. The fraction of sp³-hybridized carbons (Fsp3) is 0.533. The summed E-state index contributed by atoms with van der Waals surface area (Å²) in [4.78, 5) is 13.8. The third-order valence-electron chi connectivity index (χ3n) is 3.94. The molecule has 0 radical (unpaired) electrons. The maximum Gasteiger partial charge on any atom is 0.224 e. The number of halogens is 3. The van der Waals surface area contributed by atoms with Crippen molar-refractivity contribution >= 4 is 51.4 Å². The van der Waals surface area contributed by atoms with Gasteiger partial charge in [0.05, 0.1) is 34.4 Å². The first-order valence-corrected chi connectivity index (χ1v) is 10.2. The first-order valence-electron chi connectivity index (χ1n) is 7.43. The minimum atomic E-state index is -3.08. The Hall–Kier alpha value is -0.570. The molecule has 0 unspecified atom stereocenters. The predicted octanol–water partition coefficient (Wildman–Crippen LogP) is 1.93. The number of benzene rings is 1. The smallest absolute Gasteiger partial charge is 0.224 e. The first kappa shape index (κ1) is 22.5.